The molecule has 10 nitrogen and oxygen atoms in total. The van der Waals surface area contributed by atoms with Crippen LogP contribution >= 0.6 is 7.60 Å². The molecule has 0 unspecified atom stereocenters. The predicted molar refractivity (Wildman–Crippen MR) is 59.6 cm³/mol. The van der Waals surface area contributed by atoms with E-state index in [2.05, 4.69) is 10.1 Å². The molecule has 1 atom stereocenters. The van der Waals surface area contributed by atoms with Gasteiger partial charge in [0.15, 0.2) is 0 Å². The molecule has 5 N–H and O–H groups in total. The molecule has 18 heavy (non-hydrogen) atoms. The third-order valence-corrected chi connectivity index (χ3v) is 2.32. The van der Waals surface area contributed by atoms with Crippen molar-refractivity contribution in [3.8, 4) is 0 Å². The number of rotatable bonds is 6. The van der Waals surface area contributed by atoms with Gasteiger partial charge in [-0.15, -0.1) is 0 Å². The lowest BCUT2D eigenvalue weighted by Gasteiger charge is -2.16. The monoisotopic (exact) mass is 280 g/mol. The fourth-order valence-electron chi connectivity index (χ4n) is 1.06. The molecule has 0 fully saturated rings. The summed E-state index contributed by atoms with van der Waals surface area (Å²) >= 11 is 0. The Morgan fingerprint density at radius 1 is 1.56 bits per heavy atom. The Morgan fingerprint density at radius 2 is 2.22 bits per heavy atom. The van der Waals surface area contributed by atoms with Crippen LogP contribution in [0.3, 0.4) is 0 Å². The first-order chi connectivity index (χ1) is 8.31. The molecule has 1 aromatic rings. The number of aliphatic hydroxyl groups is 1. The molecular formula is C7H13N4O6P. The van der Waals surface area contributed by atoms with E-state index in [9.17, 15) is 9.36 Å². The lowest BCUT2D eigenvalue weighted by molar-refractivity contribution is 0.0164. The topological polar surface area (TPSA) is 161 Å². The van der Waals surface area contributed by atoms with Crippen LogP contribution in [0.1, 0.15) is 0 Å². The van der Waals surface area contributed by atoms with Gasteiger partial charge in [-0.05, 0) is 0 Å². The second kappa shape index (κ2) is 6.03. The van der Waals surface area contributed by atoms with Crippen LogP contribution < -0.4 is 11.4 Å². The molecule has 0 aliphatic rings. The molecule has 0 aromatic carbocycles. The Balaban J connectivity index is 2.68. The van der Waals surface area contributed by atoms with Gasteiger partial charge in [-0.25, -0.2) is 9.48 Å². The number of aromatic nitrogens is 3. The lowest BCUT2D eigenvalue weighted by Crippen LogP contribution is -2.34. The van der Waals surface area contributed by atoms with Gasteiger partial charge in [0.1, 0.15) is 18.3 Å². The van der Waals surface area contributed by atoms with Gasteiger partial charge in [-0.1, -0.05) is 0 Å². The summed E-state index contributed by atoms with van der Waals surface area (Å²) in [7, 11) is -4.33. The first-order valence-corrected chi connectivity index (χ1v) is 6.58. The highest BCUT2D eigenvalue weighted by molar-refractivity contribution is 7.51. The molecule has 1 heterocycles. The minimum absolute atomic E-state index is 0.0482. The van der Waals surface area contributed by atoms with Gasteiger partial charge in [-0.2, -0.15) is 10.1 Å². The van der Waals surface area contributed by atoms with Crippen molar-refractivity contribution >= 4 is 13.4 Å². The summed E-state index contributed by atoms with van der Waals surface area (Å²) in [5.74, 6) is -0.0482. The van der Waals surface area contributed by atoms with E-state index in [0.717, 1.165) is 10.9 Å². The molecule has 11 heteroatoms. The van der Waals surface area contributed by atoms with Crippen molar-refractivity contribution in [1.29, 1.82) is 0 Å². The molecule has 0 saturated carbocycles. The van der Waals surface area contributed by atoms with Crippen molar-refractivity contribution in [3.63, 3.8) is 0 Å². The van der Waals surface area contributed by atoms with Crippen LogP contribution in [0.5, 0.6) is 0 Å². The highest BCUT2D eigenvalue weighted by Gasteiger charge is 2.18. The zero-order valence-corrected chi connectivity index (χ0v) is 10.1. The maximum atomic E-state index is 11.3. The number of nitrogens with zero attached hydrogens (tertiary/aromatic N) is 3. The second-order valence-corrected chi connectivity index (χ2v) is 5.00. The Morgan fingerprint density at radius 3 is 2.72 bits per heavy atom. The van der Waals surface area contributed by atoms with Crippen LogP contribution in [0.2, 0.25) is 0 Å². The van der Waals surface area contributed by atoms with Gasteiger partial charge in [-0.3, -0.25) is 4.57 Å². The zero-order chi connectivity index (χ0) is 13.8. The summed E-state index contributed by atoms with van der Waals surface area (Å²) in [6, 6.07) is 0. The summed E-state index contributed by atoms with van der Waals surface area (Å²) < 4.78 is 16.2. The van der Waals surface area contributed by atoms with E-state index in [0.29, 0.717) is 0 Å². The number of hydrogen-bond acceptors (Lipinski definition) is 7. The van der Waals surface area contributed by atoms with E-state index in [-0.39, 0.29) is 12.4 Å². The average molecular weight is 280 g/mol. The van der Waals surface area contributed by atoms with Gasteiger partial charge in [0.25, 0.3) is 0 Å². The Labute approximate surface area is 101 Å². The first-order valence-electron chi connectivity index (χ1n) is 4.78. The number of ether oxygens (including phenoxy) is 1. The smallest absolute Gasteiger partial charge is 0.366 e. The van der Waals surface area contributed by atoms with Crippen molar-refractivity contribution < 1.29 is 24.2 Å². The van der Waals surface area contributed by atoms with Crippen molar-refractivity contribution in [3.05, 3.63) is 16.7 Å². The van der Waals surface area contributed by atoms with Gasteiger partial charge >= 0.3 is 13.3 Å². The molecule has 0 radical (unpaired) electrons. The summed E-state index contributed by atoms with van der Waals surface area (Å²) in [6.07, 6.45) is -0.693. The number of aliphatic hydroxyl groups excluding tert-OH is 1. The third kappa shape index (κ3) is 4.90. The summed E-state index contributed by atoms with van der Waals surface area (Å²) in [5, 5.41) is 12.6. The highest BCUT2D eigenvalue weighted by atomic mass is 31.2. The summed E-state index contributed by atoms with van der Waals surface area (Å²) in [4.78, 5) is 31.9. The molecule has 0 spiro atoms. The average Bonchev–Trinajstić information content (AvgIpc) is 2.25. The number of nitrogens with two attached hydrogens (primary N) is 1. The van der Waals surface area contributed by atoms with E-state index >= 15 is 0 Å². The molecule has 0 bridgehead atoms. The number of nitrogen functional groups attached to an aromatic ring is 1. The maximum Gasteiger partial charge on any atom is 0.366 e. The van der Waals surface area contributed by atoms with E-state index in [1.807, 2.05) is 0 Å². The molecular weight excluding hydrogens is 267 g/mol. The summed E-state index contributed by atoms with van der Waals surface area (Å²) in [6.45, 7) is -0.721. The standard InChI is InChI=1S/C7H13N4O6P/c8-6-1-9-11(7(13)10-6)2-5(3-12)17-4-18(14,15)16/h1,5,12H,2-4H2,(H2,8,10,13)(H2,14,15,16)/t5-/m1/s1. The Hall–Kier alpha value is -1.32. The van der Waals surface area contributed by atoms with Crippen LogP contribution in [-0.4, -0.2) is 48.7 Å². The Bertz CT molecular complexity index is 499. The first kappa shape index (κ1) is 14.7. The largest absolute Gasteiger partial charge is 0.394 e. The molecule has 0 saturated heterocycles. The van der Waals surface area contributed by atoms with E-state index in [4.69, 9.17) is 25.4 Å². The fraction of sp³-hybridized carbons (Fsp3) is 0.571. The van der Waals surface area contributed by atoms with Gasteiger partial charge < -0.3 is 25.4 Å². The Kier molecular flexibility index (Phi) is 4.93. The van der Waals surface area contributed by atoms with E-state index < -0.39 is 32.3 Å². The summed E-state index contributed by atoms with van der Waals surface area (Å²) in [5.41, 5.74) is 4.49. The van der Waals surface area contributed by atoms with E-state index in [1.165, 1.54) is 0 Å². The SMILES string of the molecule is Nc1cnn(C[C@H](CO)OCP(=O)(O)O)c(=O)n1. The molecule has 0 aliphatic heterocycles. The van der Waals surface area contributed by atoms with Gasteiger partial charge in [0.05, 0.1) is 19.3 Å². The minimum atomic E-state index is -4.33. The number of anilines is 1. The highest BCUT2D eigenvalue weighted by Crippen LogP contribution is 2.34. The second-order valence-electron chi connectivity index (χ2n) is 3.41. The van der Waals surface area contributed by atoms with Crippen LogP contribution in [0, 0.1) is 0 Å². The van der Waals surface area contributed by atoms with Crippen molar-refractivity contribution in [2.24, 2.45) is 0 Å². The molecule has 102 valence electrons. The molecule has 0 aliphatic carbocycles. The van der Waals surface area contributed by atoms with Gasteiger partial charge in [0, 0.05) is 0 Å². The third-order valence-electron chi connectivity index (χ3n) is 1.83. The lowest BCUT2D eigenvalue weighted by atomic mass is 10.4. The minimum Gasteiger partial charge on any atom is -0.394 e. The molecule has 1 rings (SSSR count). The van der Waals surface area contributed by atoms with Crippen LogP contribution in [0.25, 0.3) is 0 Å². The van der Waals surface area contributed by atoms with Crippen LogP contribution in [-0.2, 0) is 15.8 Å². The quantitative estimate of drug-likeness (QED) is 0.421. The number of hydrogen-bond donors (Lipinski definition) is 4. The van der Waals surface area contributed by atoms with Crippen LogP contribution in [0.15, 0.2) is 11.0 Å². The maximum absolute atomic E-state index is 11.3. The van der Waals surface area contributed by atoms with Crippen molar-refractivity contribution in [1.82, 2.24) is 14.8 Å². The van der Waals surface area contributed by atoms with Crippen LogP contribution in [0.4, 0.5) is 5.82 Å². The van der Waals surface area contributed by atoms with Crippen molar-refractivity contribution in [2.75, 3.05) is 18.7 Å². The van der Waals surface area contributed by atoms with Gasteiger partial charge in [0.2, 0.25) is 0 Å². The van der Waals surface area contributed by atoms with Crippen molar-refractivity contribution in [2.45, 2.75) is 12.6 Å². The zero-order valence-electron chi connectivity index (χ0n) is 9.21. The molecule has 1 aromatic heterocycles. The molecule has 0 amide bonds. The predicted octanol–water partition coefficient (Wildman–Crippen LogP) is -2.27. The normalized spacial score (nSPS) is 13.5. The fourth-order valence-corrected chi connectivity index (χ4v) is 1.46. The van der Waals surface area contributed by atoms with E-state index in [1.54, 1.807) is 0 Å².